The largest absolute Gasteiger partial charge is 0.342 e. The maximum atomic E-state index is 4.90. The molecule has 0 bridgehead atoms. The molecular weight excluding hydrogens is 270 g/mol. The van der Waals surface area contributed by atoms with E-state index >= 15 is 0 Å². The summed E-state index contributed by atoms with van der Waals surface area (Å²) in [5.74, 6) is 1.20. The number of hydrogen-bond acceptors (Lipinski definition) is 2. The fourth-order valence-electron chi connectivity index (χ4n) is 4.41. The Hall–Kier alpha value is -1.35. The Morgan fingerprint density at radius 2 is 1.91 bits per heavy atom. The van der Waals surface area contributed by atoms with Gasteiger partial charge in [0.1, 0.15) is 5.82 Å². The van der Waals surface area contributed by atoms with Gasteiger partial charge in [0.15, 0.2) is 0 Å². The van der Waals surface area contributed by atoms with E-state index in [0.29, 0.717) is 0 Å². The standard InChI is InChI=1S/C19H27N3/c1-19(18-20-16-9-4-5-10-17(16)21-18)11-6-13-22(14-12-19)15-7-2-3-8-15/h4-5,9-10,15H,2-3,6-8,11-14H2,1H3,(H,20,21). The van der Waals surface area contributed by atoms with Crippen LogP contribution in [0.1, 0.15) is 57.7 Å². The number of H-pyrrole nitrogens is 1. The van der Waals surface area contributed by atoms with Crippen LogP contribution in [0.3, 0.4) is 0 Å². The maximum absolute atomic E-state index is 4.90. The van der Waals surface area contributed by atoms with Crippen molar-refractivity contribution in [1.29, 1.82) is 0 Å². The van der Waals surface area contributed by atoms with Gasteiger partial charge in [-0.25, -0.2) is 4.98 Å². The van der Waals surface area contributed by atoms with Gasteiger partial charge in [-0.15, -0.1) is 0 Å². The summed E-state index contributed by atoms with van der Waals surface area (Å²) < 4.78 is 0. The number of likely N-dealkylation sites (tertiary alicyclic amines) is 1. The average molecular weight is 297 g/mol. The molecule has 3 nitrogen and oxygen atoms in total. The SMILES string of the molecule is CC1(c2nc3ccccc3[nH]2)CCCN(C2CCCC2)CC1. The molecule has 1 aliphatic heterocycles. The van der Waals surface area contributed by atoms with E-state index in [1.54, 1.807) is 0 Å². The zero-order chi connectivity index (χ0) is 15.0. The molecule has 0 spiro atoms. The second-order valence-corrected chi connectivity index (χ2v) is 7.49. The molecule has 2 aromatic rings. The summed E-state index contributed by atoms with van der Waals surface area (Å²) in [6.45, 7) is 4.92. The molecule has 1 aliphatic carbocycles. The first kappa shape index (κ1) is 14.3. The minimum absolute atomic E-state index is 0.201. The number of aromatic amines is 1. The molecule has 2 fully saturated rings. The van der Waals surface area contributed by atoms with Gasteiger partial charge in [0, 0.05) is 11.5 Å². The Labute approximate surface area is 133 Å². The first-order chi connectivity index (χ1) is 10.7. The predicted octanol–water partition coefficient (Wildman–Crippen LogP) is 4.25. The highest BCUT2D eigenvalue weighted by atomic mass is 15.2. The molecule has 3 heteroatoms. The van der Waals surface area contributed by atoms with Crippen molar-refractivity contribution in [2.45, 2.75) is 63.3 Å². The van der Waals surface area contributed by atoms with Crippen LogP contribution >= 0.6 is 0 Å². The highest BCUT2D eigenvalue weighted by Crippen LogP contribution is 2.36. The molecule has 1 aromatic heterocycles. The van der Waals surface area contributed by atoms with Crippen LogP contribution in [0.4, 0.5) is 0 Å². The van der Waals surface area contributed by atoms with Crippen LogP contribution in [0.2, 0.25) is 0 Å². The Morgan fingerprint density at radius 3 is 2.73 bits per heavy atom. The predicted molar refractivity (Wildman–Crippen MR) is 91.1 cm³/mol. The summed E-state index contributed by atoms with van der Waals surface area (Å²) in [7, 11) is 0. The zero-order valence-electron chi connectivity index (χ0n) is 13.6. The van der Waals surface area contributed by atoms with Crippen LogP contribution in [0.15, 0.2) is 24.3 Å². The number of hydrogen-bond donors (Lipinski definition) is 1. The lowest BCUT2D eigenvalue weighted by molar-refractivity contribution is 0.202. The van der Waals surface area contributed by atoms with Gasteiger partial charge in [-0.2, -0.15) is 0 Å². The molecule has 4 rings (SSSR count). The third-order valence-electron chi connectivity index (χ3n) is 5.93. The number of nitrogens with zero attached hydrogens (tertiary/aromatic N) is 2. The highest BCUT2D eigenvalue weighted by molar-refractivity contribution is 5.75. The number of aromatic nitrogens is 2. The van der Waals surface area contributed by atoms with Crippen molar-refractivity contribution in [2.75, 3.05) is 13.1 Å². The van der Waals surface area contributed by atoms with Crippen molar-refractivity contribution in [1.82, 2.24) is 14.9 Å². The monoisotopic (exact) mass is 297 g/mol. The van der Waals surface area contributed by atoms with Crippen molar-refractivity contribution >= 4 is 11.0 Å². The quantitative estimate of drug-likeness (QED) is 0.898. The van der Waals surface area contributed by atoms with E-state index in [2.05, 4.69) is 41.1 Å². The van der Waals surface area contributed by atoms with Crippen molar-refractivity contribution < 1.29 is 0 Å². The molecular formula is C19H27N3. The van der Waals surface area contributed by atoms with Gasteiger partial charge in [-0.1, -0.05) is 31.9 Å². The van der Waals surface area contributed by atoms with Crippen LogP contribution in [0, 0.1) is 0 Å². The molecule has 1 aromatic carbocycles. The van der Waals surface area contributed by atoms with Crippen LogP contribution < -0.4 is 0 Å². The molecule has 0 radical (unpaired) electrons. The number of imidazole rings is 1. The Bertz CT molecular complexity index is 608. The topological polar surface area (TPSA) is 31.9 Å². The molecule has 1 N–H and O–H groups in total. The smallest absolute Gasteiger partial charge is 0.113 e. The van der Waals surface area contributed by atoms with E-state index in [9.17, 15) is 0 Å². The molecule has 2 aliphatic rings. The van der Waals surface area contributed by atoms with Crippen LogP contribution in [0.25, 0.3) is 11.0 Å². The maximum Gasteiger partial charge on any atom is 0.113 e. The molecule has 118 valence electrons. The number of fused-ring (bicyclic) bond motifs is 1. The van der Waals surface area contributed by atoms with E-state index in [4.69, 9.17) is 4.98 Å². The van der Waals surface area contributed by atoms with E-state index in [1.807, 2.05) is 0 Å². The summed E-state index contributed by atoms with van der Waals surface area (Å²) in [4.78, 5) is 11.3. The van der Waals surface area contributed by atoms with Crippen LogP contribution in [-0.4, -0.2) is 34.0 Å². The van der Waals surface area contributed by atoms with Crippen LogP contribution in [-0.2, 0) is 5.41 Å². The fourth-order valence-corrected chi connectivity index (χ4v) is 4.41. The summed E-state index contributed by atoms with van der Waals surface area (Å²) in [6, 6.07) is 9.26. The van der Waals surface area contributed by atoms with Gasteiger partial charge >= 0.3 is 0 Å². The number of benzene rings is 1. The second kappa shape index (κ2) is 5.69. The normalized spacial score (nSPS) is 28.2. The lowest BCUT2D eigenvalue weighted by Gasteiger charge is -2.29. The summed E-state index contributed by atoms with van der Waals surface area (Å²) in [5, 5.41) is 0. The van der Waals surface area contributed by atoms with E-state index in [1.165, 1.54) is 69.4 Å². The fraction of sp³-hybridized carbons (Fsp3) is 0.632. The van der Waals surface area contributed by atoms with E-state index < -0.39 is 0 Å². The lowest BCUT2D eigenvalue weighted by Crippen LogP contribution is -2.35. The third-order valence-corrected chi connectivity index (χ3v) is 5.93. The number of rotatable bonds is 2. The highest BCUT2D eigenvalue weighted by Gasteiger charge is 2.34. The number of nitrogens with one attached hydrogen (secondary N) is 1. The van der Waals surface area contributed by atoms with Crippen molar-refractivity contribution in [3.8, 4) is 0 Å². The van der Waals surface area contributed by atoms with Gasteiger partial charge < -0.3 is 9.88 Å². The van der Waals surface area contributed by atoms with Crippen molar-refractivity contribution in [3.05, 3.63) is 30.1 Å². The first-order valence-electron chi connectivity index (χ1n) is 8.94. The Balaban J connectivity index is 1.55. The van der Waals surface area contributed by atoms with Crippen molar-refractivity contribution in [2.24, 2.45) is 0 Å². The molecule has 1 atom stereocenters. The molecule has 1 saturated carbocycles. The lowest BCUT2D eigenvalue weighted by atomic mass is 9.82. The molecule has 0 amide bonds. The Kier molecular flexibility index (Phi) is 3.69. The summed E-state index contributed by atoms with van der Waals surface area (Å²) in [6.07, 6.45) is 9.47. The first-order valence-corrected chi connectivity index (χ1v) is 8.94. The molecule has 22 heavy (non-hydrogen) atoms. The molecule has 1 saturated heterocycles. The second-order valence-electron chi connectivity index (χ2n) is 7.49. The summed E-state index contributed by atoms with van der Waals surface area (Å²) >= 11 is 0. The van der Waals surface area contributed by atoms with Crippen LogP contribution in [0.5, 0.6) is 0 Å². The van der Waals surface area contributed by atoms with Gasteiger partial charge in [0.25, 0.3) is 0 Å². The van der Waals surface area contributed by atoms with Gasteiger partial charge in [-0.3, -0.25) is 0 Å². The number of para-hydroxylation sites is 2. The minimum atomic E-state index is 0.201. The van der Waals surface area contributed by atoms with E-state index in [-0.39, 0.29) is 5.41 Å². The van der Waals surface area contributed by atoms with Gasteiger partial charge in [0.2, 0.25) is 0 Å². The third kappa shape index (κ3) is 2.56. The van der Waals surface area contributed by atoms with Crippen molar-refractivity contribution in [3.63, 3.8) is 0 Å². The van der Waals surface area contributed by atoms with E-state index in [0.717, 1.165) is 11.6 Å². The molecule has 1 unspecified atom stereocenters. The minimum Gasteiger partial charge on any atom is -0.342 e. The average Bonchev–Trinajstić information content (AvgIpc) is 3.16. The Morgan fingerprint density at radius 1 is 1.09 bits per heavy atom. The van der Waals surface area contributed by atoms with Gasteiger partial charge in [0.05, 0.1) is 11.0 Å². The van der Waals surface area contributed by atoms with Gasteiger partial charge in [-0.05, 0) is 57.3 Å². The summed E-state index contributed by atoms with van der Waals surface area (Å²) in [5.41, 5.74) is 2.48. The zero-order valence-corrected chi connectivity index (χ0v) is 13.6. The molecule has 2 heterocycles.